The zero-order valence-electron chi connectivity index (χ0n) is 9.33. The number of hydrogen-bond acceptors (Lipinski definition) is 4. The van der Waals surface area contributed by atoms with Gasteiger partial charge in [0.25, 0.3) is 0 Å². The van der Waals surface area contributed by atoms with Crippen molar-refractivity contribution in [2.24, 2.45) is 4.99 Å². The Balaban J connectivity index is 3.34. The molecule has 0 spiro atoms. The Hall–Kier alpha value is -1.51. The van der Waals surface area contributed by atoms with Crippen molar-refractivity contribution in [3.8, 4) is 11.5 Å². The van der Waals surface area contributed by atoms with Gasteiger partial charge in [0.2, 0.25) is 6.08 Å². The number of ether oxygens (including phenoxy) is 2. The molecule has 1 aromatic carbocycles. The highest BCUT2D eigenvalue weighted by molar-refractivity contribution is 6.33. The molecule has 0 radical (unpaired) electrons. The summed E-state index contributed by atoms with van der Waals surface area (Å²) in [6.45, 7) is 2.00. The van der Waals surface area contributed by atoms with Crippen LogP contribution in [0, 0.1) is 6.92 Å². The molecule has 1 aromatic rings. The zero-order chi connectivity index (χ0) is 12.1. The summed E-state index contributed by atoms with van der Waals surface area (Å²) in [4.78, 5) is 13.6. The minimum absolute atomic E-state index is 0.170. The smallest absolute Gasteiger partial charge is 0.235 e. The van der Waals surface area contributed by atoms with Crippen LogP contribution < -0.4 is 9.47 Å². The first-order chi connectivity index (χ1) is 7.65. The zero-order valence-corrected chi connectivity index (χ0v) is 10.1. The van der Waals surface area contributed by atoms with Crippen LogP contribution in [0.25, 0.3) is 0 Å². The Morgan fingerprint density at radius 3 is 2.62 bits per heavy atom. The molecular weight excluding hydrogens is 230 g/mol. The van der Waals surface area contributed by atoms with E-state index in [4.69, 9.17) is 21.1 Å². The fourth-order valence-electron chi connectivity index (χ4n) is 1.42. The van der Waals surface area contributed by atoms with E-state index in [1.807, 2.05) is 6.92 Å². The van der Waals surface area contributed by atoms with Gasteiger partial charge in [-0.05, 0) is 13.0 Å². The van der Waals surface area contributed by atoms with Crippen molar-refractivity contribution >= 4 is 17.7 Å². The number of aliphatic imine (C=N–C) groups is 1. The Morgan fingerprint density at radius 1 is 1.44 bits per heavy atom. The molecule has 0 saturated carbocycles. The second kappa shape index (κ2) is 5.54. The first kappa shape index (κ1) is 12.6. The van der Waals surface area contributed by atoms with E-state index in [1.54, 1.807) is 13.2 Å². The van der Waals surface area contributed by atoms with Crippen LogP contribution in [0.3, 0.4) is 0 Å². The van der Waals surface area contributed by atoms with Gasteiger partial charge in [-0.15, -0.1) is 0 Å². The van der Waals surface area contributed by atoms with Crippen LogP contribution in [0.2, 0.25) is 5.02 Å². The highest BCUT2D eigenvalue weighted by Gasteiger charge is 2.14. The summed E-state index contributed by atoms with van der Waals surface area (Å²) < 4.78 is 10.3. The normalized spacial score (nSPS) is 9.50. The second-order valence-electron chi connectivity index (χ2n) is 3.12. The van der Waals surface area contributed by atoms with E-state index in [0.29, 0.717) is 22.1 Å². The molecule has 0 unspecified atom stereocenters. The van der Waals surface area contributed by atoms with Crippen LogP contribution in [-0.4, -0.2) is 20.3 Å². The van der Waals surface area contributed by atoms with Crippen LogP contribution in [0.1, 0.15) is 11.1 Å². The van der Waals surface area contributed by atoms with E-state index in [1.165, 1.54) is 13.2 Å². The van der Waals surface area contributed by atoms with Crippen molar-refractivity contribution in [1.29, 1.82) is 0 Å². The molecule has 0 atom stereocenters. The monoisotopic (exact) mass is 241 g/mol. The van der Waals surface area contributed by atoms with Gasteiger partial charge in [0.15, 0.2) is 0 Å². The number of isocyanates is 1. The Kier molecular flexibility index (Phi) is 4.35. The van der Waals surface area contributed by atoms with E-state index in [9.17, 15) is 4.79 Å². The summed E-state index contributed by atoms with van der Waals surface area (Å²) in [6.07, 6.45) is 1.47. The lowest BCUT2D eigenvalue weighted by Gasteiger charge is -2.14. The molecule has 0 aromatic heterocycles. The van der Waals surface area contributed by atoms with Gasteiger partial charge >= 0.3 is 0 Å². The molecule has 0 aliphatic rings. The third-order valence-electron chi connectivity index (χ3n) is 2.23. The topological polar surface area (TPSA) is 47.9 Å². The third kappa shape index (κ3) is 2.35. The van der Waals surface area contributed by atoms with Gasteiger partial charge in [-0.2, -0.15) is 0 Å². The molecule has 0 heterocycles. The van der Waals surface area contributed by atoms with Crippen LogP contribution in [0.15, 0.2) is 11.1 Å². The van der Waals surface area contributed by atoms with E-state index < -0.39 is 0 Å². The van der Waals surface area contributed by atoms with E-state index in [2.05, 4.69) is 4.99 Å². The quantitative estimate of drug-likeness (QED) is 0.601. The van der Waals surface area contributed by atoms with Crippen LogP contribution in [0.4, 0.5) is 0 Å². The highest BCUT2D eigenvalue weighted by atomic mass is 35.5. The van der Waals surface area contributed by atoms with E-state index in [-0.39, 0.29) is 6.54 Å². The maximum absolute atomic E-state index is 10.1. The number of benzene rings is 1. The number of rotatable bonds is 4. The lowest BCUT2D eigenvalue weighted by molar-refractivity contribution is 0.396. The Morgan fingerprint density at radius 2 is 2.12 bits per heavy atom. The van der Waals surface area contributed by atoms with Gasteiger partial charge in [-0.25, -0.2) is 9.79 Å². The summed E-state index contributed by atoms with van der Waals surface area (Å²) in [5, 5.41) is 0.470. The summed E-state index contributed by atoms with van der Waals surface area (Å²) in [6, 6.07) is 1.75. The summed E-state index contributed by atoms with van der Waals surface area (Å²) in [5.41, 5.74) is 1.48. The molecule has 0 N–H and O–H groups in total. The average molecular weight is 242 g/mol. The molecule has 0 saturated heterocycles. The number of halogens is 1. The predicted octanol–water partition coefficient (Wildman–Crippen LogP) is 2.50. The van der Waals surface area contributed by atoms with E-state index >= 15 is 0 Å². The van der Waals surface area contributed by atoms with Gasteiger partial charge in [-0.3, -0.25) is 0 Å². The maximum Gasteiger partial charge on any atom is 0.235 e. The SMILES string of the molecule is COc1cc(CN=C=O)c(OC)c(Cl)c1C. The summed E-state index contributed by atoms with van der Waals surface area (Å²) >= 11 is 6.12. The van der Waals surface area contributed by atoms with Crippen molar-refractivity contribution in [2.75, 3.05) is 14.2 Å². The molecule has 0 amide bonds. The van der Waals surface area contributed by atoms with Gasteiger partial charge in [0.1, 0.15) is 11.5 Å². The van der Waals surface area contributed by atoms with Gasteiger partial charge in [-0.1, -0.05) is 11.6 Å². The van der Waals surface area contributed by atoms with Crippen LogP contribution >= 0.6 is 11.6 Å². The molecule has 0 aliphatic heterocycles. The maximum atomic E-state index is 10.1. The van der Waals surface area contributed by atoms with Crippen LogP contribution in [-0.2, 0) is 11.3 Å². The van der Waals surface area contributed by atoms with Crippen molar-refractivity contribution in [1.82, 2.24) is 0 Å². The fraction of sp³-hybridized carbons (Fsp3) is 0.364. The molecule has 0 bridgehead atoms. The largest absolute Gasteiger partial charge is 0.496 e. The molecule has 0 fully saturated rings. The number of hydrogen-bond donors (Lipinski definition) is 0. The van der Waals surface area contributed by atoms with Gasteiger partial charge < -0.3 is 9.47 Å². The first-order valence-corrected chi connectivity index (χ1v) is 4.97. The van der Waals surface area contributed by atoms with Crippen molar-refractivity contribution in [3.05, 3.63) is 22.2 Å². The molecule has 4 nitrogen and oxygen atoms in total. The Labute approximate surface area is 98.8 Å². The average Bonchev–Trinajstić information content (AvgIpc) is 2.30. The lowest BCUT2D eigenvalue weighted by Crippen LogP contribution is -1.97. The van der Waals surface area contributed by atoms with E-state index in [0.717, 1.165) is 5.56 Å². The molecule has 86 valence electrons. The van der Waals surface area contributed by atoms with Crippen molar-refractivity contribution < 1.29 is 14.3 Å². The Bertz CT molecular complexity index is 439. The third-order valence-corrected chi connectivity index (χ3v) is 2.69. The minimum Gasteiger partial charge on any atom is -0.496 e. The molecule has 0 aliphatic carbocycles. The van der Waals surface area contributed by atoms with Crippen LogP contribution in [0.5, 0.6) is 11.5 Å². The first-order valence-electron chi connectivity index (χ1n) is 4.59. The molecule has 16 heavy (non-hydrogen) atoms. The highest BCUT2D eigenvalue weighted by Crippen LogP contribution is 2.37. The lowest BCUT2D eigenvalue weighted by atomic mass is 10.1. The van der Waals surface area contributed by atoms with Crippen molar-refractivity contribution in [2.45, 2.75) is 13.5 Å². The number of methoxy groups -OCH3 is 2. The summed E-state index contributed by atoms with van der Waals surface area (Å²) in [5.74, 6) is 1.15. The molecular formula is C11H12ClNO3. The molecule has 5 heteroatoms. The minimum atomic E-state index is 0.170. The fourth-order valence-corrected chi connectivity index (χ4v) is 1.71. The summed E-state index contributed by atoms with van der Waals surface area (Å²) in [7, 11) is 3.07. The number of nitrogens with zero attached hydrogens (tertiary/aromatic N) is 1. The standard InChI is InChI=1S/C11H12ClNO3/c1-7-9(15-2)4-8(5-13-6-14)11(16-3)10(7)12/h4H,5H2,1-3H3. The predicted molar refractivity (Wildman–Crippen MR) is 61.1 cm³/mol. The number of carbonyl (C=O) groups excluding carboxylic acids is 1. The van der Waals surface area contributed by atoms with Crippen molar-refractivity contribution in [3.63, 3.8) is 0 Å². The second-order valence-corrected chi connectivity index (χ2v) is 3.50. The van der Waals surface area contributed by atoms with Gasteiger partial charge in [0, 0.05) is 11.1 Å². The van der Waals surface area contributed by atoms with Gasteiger partial charge in [0.05, 0.1) is 25.8 Å². The molecule has 1 rings (SSSR count).